The normalized spacial score (nSPS) is 14.6. The van der Waals surface area contributed by atoms with E-state index in [0.29, 0.717) is 15.8 Å². The summed E-state index contributed by atoms with van der Waals surface area (Å²) in [6, 6.07) is 26.0. The van der Waals surface area contributed by atoms with E-state index in [1.54, 1.807) is 12.0 Å². The van der Waals surface area contributed by atoms with E-state index in [2.05, 4.69) is 12.1 Å². The van der Waals surface area contributed by atoms with Gasteiger partial charge in [-0.05, 0) is 60.9 Å². The number of rotatable bonds is 7. The Morgan fingerprint density at radius 3 is 2.44 bits per heavy atom. The van der Waals surface area contributed by atoms with Gasteiger partial charge in [0.25, 0.3) is 5.91 Å². The van der Waals surface area contributed by atoms with Crippen LogP contribution in [0.1, 0.15) is 16.7 Å². The molecule has 1 amide bonds. The summed E-state index contributed by atoms with van der Waals surface area (Å²) in [5.74, 6) is 0.727. The zero-order valence-electron chi connectivity index (χ0n) is 20.0. The number of nitrogens with zero attached hydrogens (tertiary/aromatic N) is 3. The highest BCUT2D eigenvalue weighted by Crippen LogP contribution is 2.36. The van der Waals surface area contributed by atoms with Crippen molar-refractivity contribution < 1.29 is 9.53 Å². The number of aryl methyl sites for hydroxylation is 1. The molecule has 7 heteroatoms. The standard InChI is InChI=1S/C29H25N3O2S2/c1-20-17-24(34-2)13-14-25(20)27-22(19-32(30-27)23-11-7-4-8-12-23)18-26-28(33)31(29(35)36-26)16-15-21-9-5-3-6-10-21/h3-14,17-19H,15-16H2,1-2H3. The van der Waals surface area contributed by atoms with Gasteiger partial charge in [-0.25, -0.2) is 4.68 Å². The van der Waals surface area contributed by atoms with E-state index in [0.717, 1.165) is 40.2 Å². The van der Waals surface area contributed by atoms with Crippen LogP contribution in [0.2, 0.25) is 0 Å². The maximum atomic E-state index is 13.3. The van der Waals surface area contributed by atoms with Crippen LogP contribution in [0, 0.1) is 6.92 Å². The molecule has 4 aromatic rings. The second kappa shape index (κ2) is 10.5. The van der Waals surface area contributed by atoms with Gasteiger partial charge in [-0.1, -0.05) is 72.5 Å². The number of hydrogen-bond acceptors (Lipinski definition) is 5. The molecule has 0 radical (unpaired) electrons. The van der Waals surface area contributed by atoms with E-state index in [4.69, 9.17) is 22.1 Å². The molecule has 5 nitrogen and oxygen atoms in total. The molecule has 0 aliphatic carbocycles. The van der Waals surface area contributed by atoms with Crippen LogP contribution in [0.25, 0.3) is 23.0 Å². The lowest BCUT2D eigenvalue weighted by molar-refractivity contribution is -0.122. The van der Waals surface area contributed by atoms with Crippen molar-refractivity contribution in [3.05, 3.63) is 107 Å². The number of thioether (sulfide) groups is 1. The molecule has 0 bridgehead atoms. The first-order valence-corrected chi connectivity index (χ1v) is 12.9. The van der Waals surface area contributed by atoms with E-state index < -0.39 is 0 Å². The lowest BCUT2D eigenvalue weighted by atomic mass is 10.0. The van der Waals surface area contributed by atoms with Gasteiger partial charge in [0.2, 0.25) is 0 Å². The third-order valence-electron chi connectivity index (χ3n) is 6.08. The van der Waals surface area contributed by atoms with E-state index >= 15 is 0 Å². The number of benzene rings is 3. The Morgan fingerprint density at radius 2 is 1.75 bits per heavy atom. The van der Waals surface area contributed by atoms with Crippen molar-refractivity contribution >= 4 is 40.3 Å². The molecular weight excluding hydrogens is 486 g/mol. The van der Waals surface area contributed by atoms with Crippen molar-refractivity contribution in [3.63, 3.8) is 0 Å². The molecular formula is C29H25N3O2S2. The monoisotopic (exact) mass is 511 g/mol. The third kappa shape index (κ3) is 4.98. The van der Waals surface area contributed by atoms with Crippen LogP contribution in [0.5, 0.6) is 5.75 Å². The molecule has 0 spiro atoms. The van der Waals surface area contributed by atoms with Crippen molar-refractivity contribution in [3.8, 4) is 22.7 Å². The third-order valence-corrected chi connectivity index (χ3v) is 7.46. The van der Waals surface area contributed by atoms with Crippen LogP contribution in [-0.2, 0) is 11.2 Å². The van der Waals surface area contributed by atoms with Crippen molar-refractivity contribution in [1.29, 1.82) is 0 Å². The average molecular weight is 512 g/mol. The Balaban J connectivity index is 1.50. The minimum Gasteiger partial charge on any atom is -0.497 e. The first-order valence-electron chi connectivity index (χ1n) is 11.6. The van der Waals surface area contributed by atoms with E-state index in [1.807, 2.05) is 90.6 Å². The first-order chi connectivity index (χ1) is 17.5. The molecule has 1 aromatic heterocycles. The van der Waals surface area contributed by atoms with Crippen LogP contribution < -0.4 is 4.74 Å². The maximum Gasteiger partial charge on any atom is 0.266 e. The van der Waals surface area contributed by atoms with Crippen molar-refractivity contribution in [1.82, 2.24) is 14.7 Å². The summed E-state index contributed by atoms with van der Waals surface area (Å²) < 4.78 is 7.82. The molecule has 1 fully saturated rings. The van der Waals surface area contributed by atoms with E-state index in [9.17, 15) is 4.79 Å². The lowest BCUT2D eigenvalue weighted by Gasteiger charge is -2.14. The Kier molecular flexibility index (Phi) is 7.02. The summed E-state index contributed by atoms with van der Waals surface area (Å²) in [6.45, 7) is 2.59. The molecule has 1 aliphatic rings. The summed E-state index contributed by atoms with van der Waals surface area (Å²) >= 11 is 6.92. The molecule has 0 saturated carbocycles. The summed E-state index contributed by atoms with van der Waals surface area (Å²) in [6.07, 6.45) is 4.63. The van der Waals surface area contributed by atoms with E-state index in [1.165, 1.54) is 17.3 Å². The SMILES string of the molecule is COc1ccc(-c2nn(-c3ccccc3)cc2C=C2SC(=S)N(CCc3ccccc3)C2=O)c(C)c1. The second-order valence-electron chi connectivity index (χ2n) is 8.46. The predicted octanol–water partition coefficient (Wildman–Crippen LogP) is 6.30. The highest BCUT2D eigenvalue weighted by Gasteiger charge is 2.32. The van der Waals surface area contributed by atoms with Gasteiger partial charge in [-0.3, -0.25) is 9.69 Å². The van der Waals surface area contributed by atoms with Gasteiger partial charge >= 0.3 is 0 Å². The molecule has 0 atom stereocenters. The van der Waals surface area contributed by atoms with Gasteiger partial charge in [0, 0.05) is 23.9 Å². The summed E-state index contributed by atoms with van der Waals surface area (Å²) in [5.41, 5.74) is 5.80. The van der Waals surface area contributed by atoms with Gasteiger partial charge in [-0.2, -0.15) is 5.10 Å². The fourth-order valence-electron chi connectivity index (χ4n) is 4.16. The Hall–Kier alpha value is -3.68. The van der Waals surface area contributed by atoms with Crippen molar-refractivity contribution in [2.45, 2.75) is 13.3 Å². The summed E-state index contributed by atoms with van der Waals surface area (Å²) in [5, 5.41) is 4.91. The largest absolute Gasteiger partial charge is 0.497 e. The van der Waals surface area contributed by atoms with Crippen LogP contribution in [0.15, 0.2) is 90.0 Å². The second-order valence-corrected chi connectivity index (χ2v) is 10.1. The van der Waals surface area contributed by atoms with Gasteiger partial charge in [0.15, 0.2) is 0 Å². The Morgan fingerprint density at radius 1 is 1.03 bits per heavy atom. The van der Waals surface area contributed by atoms with Crippen molar-refractivity contribution in [2.75, 3.05) is 13.7 Å². The average Bonchev–Trinajstić information content (AvgIpc) is 3.44. The highest BCUT2D eigenvalue weighted by atomic mass is 32.2. The van der Waals surface area contributed by atoms with Gasteiger partial charge in [0.05, 0.1) is 17.7 Å². The summed E-state index contributed by atoms with van der Waals surface area (Å²) in [4.78, 5) is 15.6. The Labute approximate surface area is 220 Å². The maximum absolute atomic E-state index is 13.3. The molecule has 36 heavy (non-hydrogen) atoms. The smallest absolute Gasteiger partial charge is 0.266 e. The fraction of sp³-hybridized carbons (Fsp3) is 0.138. The molecule has 1 saturated heterocycles. The van der Waals surface area contributed by atoms with Gasteiger partial charge in [0.1, 0.15) is 15.8 Å². The van der Waals surface area contributed by atoms with Crippen molar-refractivity contribution in [2.24, 2.45) is 0 Å². The number of amides is 1. The van der Waals surface area contributed by atoms with Crippen LogP contribution in [-0.4, -0.2) is 38.6 Å². The number of ether oxygens (including phenoxy) is 1. The molecule has 1 aliphatic heterocycles. The fourth-order valence-corrected chi connectivity index (χ4v) is 5.46. The lowest BCUT2D eigenvalue weighted by Crippen LogP contribution is -2.30. The minimum absolute atomic E-state index is 0.0641. The molecule has 5 rings (SSSR count). The highest BCUT2D eigenvalue weighted by molar-refractivity contribution is 8.26. The van der Waals surface area contributed by atoms with Gasteiger partial charge < -0.3 is 4.74 Å². The number of thiocarbonyl (C=S) groups is 1. The number of carbonyl (C=O) groups is 1. The number of carbonyl (C=O) groups excluding carboxylic acids is 1. The predicted molar refractivity (Wildman–Crippen MR) is 150 cm³/mol. The van der Waals surface area contributed by atoms with Crippen LogP contribution >= 0.6 is 24.0 Å². The zero-order chi connectivity index (χ0) is 25.1. The molecule has 0 unspecified atom stereocenters. The zero-order valence-corrected chi connectivity index (χ0v) is 21.7. The number of hydrogen-bond donors (Lipinski definition) is 0. The number of aromatic nitrogens is 2. The number of methoxy groups -OCH3 is 1. The number of para-hydroxylation sites is 1. The summed E-state index contributed by atoms with van der Waals surface area (Å²) in [7, 11) is 1.66. The van der Waals surface area contributed by atoms with Gasteiger partial charge in [-0.15, -0.1) is 0 Å². The molecule has 180 valence electrons. The topological polar surface area (TPSA) is 47.4 Å². The molecule has 0 N–H and O–H groups in total. The minimum atomic E-state index is -0.0641. The first kappa shape index (κ1) is 24.0. The molecule has 3 aromatic carbocycles. The van der Waals surface area contributed by atoms with E-state index in [-0.39, 0.29) is 5.91 Å². The van der Waals surface area contributed by atoms with Crippen LogP contribution in [0.3, 0.4) is 0 Å². The van der Waals surface area contributed by atoms with Crippen LogP contribution in [0.4, 0.5) is 0 Å². The Bertz CT molecular complexity index is 1450. The molecule has 2 heterocycles. The quantitative estimate of drug-likeness (QED) is 0.215.